The molecule has 1 aromatic heterocycles. The number of anilines is 3. The number of piperidine rings is 1. The van der Waals surface area contributed by atoms with Crippen LogP contribution in [0, 0.1) is 6.92 Å². The van der Waals surface area contributed by atoms with Crippen molar-refractivity contribution in [2.45, 2.75) is 26.2 Å². The van der Waals surface area contributed by atoms with E-state index >= 15 is 0 Å². The Bertz CT molecular complexity index is 784. The fourth-order valence-corrected chi connectivity index (χ4v) is 3.28. The number of rotatable bonds is 7. The van der Waals surface area contributed by atoms with Crippen LogP contribution in [0.5, 0.6) is 0 Å². The van der Waals surface area contributed by atoms with Crippen molar-refractivity contribution in [3.05, 3.63) is 41.9 Å². The van der Waals surface area contributed by atoms with Crippen molar-refractivity contribution < 1.29 is 4.79 Å². The van der Waals surface area contributed by atoms with Gasteiger partial charge in [-0.3, -0.25) is 4.79 Å². The molecule has 1 saturated heterocycles. The van der Waals surface area contributed by atoms with Crippen molar-refractivity contribution in [3.8, 4) is 0 Å². The van der Waals surface area contributed by atoms with E-state index in [0.717, 1.165) is 31.9 Å². The maximum absolute atomic E-state index is 12.6. The average molecular weight is 383 g/mol. The van der Waals surface area contributed by atoms with Gasteiger partial charge in [-0.25, -0.2) is 9.97 Å². The molecular formula is C21H30N6O. The summed E-state index contributed by atoms with van der Waals surface area (Å²) < 4.78 is 0. The van der Waals surface area contributed by atoms with E-state index in [1.807, 2.05) is 26.2 Å². The monoisotopic (exact) mass is 382 g/mol. The summed E-state index contributed by atoms with van der Waals surface area (Å²) in [4.78, 5) is 25.8. The highest BCUT2D eigenvalue weighted by molar-refractivity contribution is 6.03. The van der Waals surface area contributed by atoms with Crippen molar-refractivity contribution in [2.75, 3.05) is 55.8 Å². The van der Waals surface area contributed by atoms with E-state index in [1.165, 1.54) is 24.9 Å². The Kier molecular flexibility index (Phi) is 6.81. The summed E-state index contributed by atoms with van der Waals surface area (Å²) in [6, 6.07) is 9.74. The summed E-state index contributed by atoms with van der Waals surface area (Å²) in [7, 11) is 4.03. The number of carbonyl (C=O) groups is 1. The van der Waals surface area contributed by atoms with E-state index in [9.17, 15) is 4.79 Å². The lowest BCUT2D eigenvalue weighted by Crippen LogP contribution is -2.29. The molecule has 150 valence electrons. The fourth-order valence-electron chi connectivity index (χ4n) is 3.28. The number of hydrogen-bond donors (Lipinski definition) is 2. The van der Waals surface area contributed by atoms with E-state index in [4.69, 9.17) is 0 Å². The first-order valence-corrected chi connectivity index (χ1v) is 9.92. The number of nitrogens with one attached hydrogen (secondary N) is 2. The molecule has 2 heterocycles. The number of aryl methyl sites for hydroxylation is 1. The minimum absolute atomic E-state index is 0.230. The van der Waals surface area contributed by atoms with Crippen LogP contribution in [0.2, 0.25) is 0 Å². The second kappa shape index (κ2) is 9.50. The lowest BCUT2D eigenvalue weighted by Gasteiger charge is -2.28. The molecule has 7 heteroatoms. The van der Waals surface area contributed by atoms with Gasteiger partial charge in [0.2, 0.25) is 0 Å². The number of amides is 1. The summed E-state index contributed by atoms with van der Waals surface area (Å²) in [5, 5.41) is 6.17. The summed E-state index contributed by atoms with van der Waals surface area (Å²) in [6.45, 7) is 5.64. The maximum atomic E-state index is 12.6. The standard InChI is InChI=1S/C21H30N6O/c1-16-23-19(15-20(24-16)22-11-14-26(2)3)21(28)25-17-7-9-18(10-8-17)27-12-5-4-6-13-27/h7-10,15H,4-6,11-14H2,1-3H3,(H,25,28)(H,22,23,24). The van der Waals surface area contributed by atoms with Gasteiger partial charge in [0.05, 0.1) is 0 Å². The van der Waals surface area contributed by atoms with Crippen molar-refractivity contribution in [2.24, 2.45) is 0 Å². The van der Waals surface area contributed by atoms with Gasteiger partial charge in [-0.05, 0) is 64.5 Å². The Morgan fingerprint density at radius 2 is 1.82 bits per heavy atom. The Labute approximate surface area is 167 Å². The van der Waals surface area contributed by atoms with Gasteiger partial charge in [-0.1, -0.05) is 0 Å². The van der Waals surface area contributed by atoms with Crippen LogP contribution < -0.4 is 15.5 Å². The highest BCUT2D eigenvalue weighted by Crippen LogP contribution is 2.22. The van der Waals surface area contributed by atoms with Crippen LogP contribution in [-0.4, -0.2) is 61.0 Å². The zero-order valence-electron chi connectivity index (χ0n) is 17.0. The first-order valence-electron chi connectivity index (χ1n) is 9.92. The van der Waals surface area contributed by atoms with E-state index < -0.39 is 0 Å². The molecule has 3 rings (SSSR count). The highest BCUT2D eigenvalue weighted by Gasteiger charge is 2.13. The highest BCUT2D eigenvalue weighted by atomic mass is 16.1. The number of aromatic nitrogens is 2. The molecule has 0 atom stereocenters. The Morgan fingerprint density at radius 1 is 1.11 bits per heavy atom. The largest absolute Gasteiger partial charge is 0.372 e. The Morgan fingerprint density at radius 3 is 2.50 bits per heavy atom. The van der Waals surface area contributed by atoms with E-state index in [-0.39, 0.29) is 5.91 Å². The maximum Gasteiger partial charge on any atom is 0.274 e. The molecule has 1 fully saturated rings. The molecule has 0 spiro atoms. The number of carbonyl (C=O) groups excluding carboxylic acids is 1. The lowest BCUT2D eigenvalue weighted by molar-refractivity contribution is 0.102. The Balaban J connectivity index is 1.62. The van der Waals surface area contributed by atoms with Crippen molar-refractivity contribution in [3.63, 3.8) is 0 Å². The topological polar surface area (TPSA) is 73.4 Å². The summed E-state index contributed by atoms with van der Waals surface area (Å²) in [5.74, 6) is 1.01. The second-order valence-electron chi connectivity index (χ2n) is 7.46. The summed E-state index contributed by atoms with van der Waals surface area (Å²) in [5.41, 5.74) is 2.34. The molecule has 1 amide bonds. The zero-order valence-corrected chi connectivity index (χ0v) is 17.0. The third-order valence-electron chi connectivity index (χ3n) is 4.78. The molecule has 1 aromatic carbocycles. The predicted octanol–water partition coefficient (Wildman–Crippen LogP) is 3.00. The molecule has 1 aliphatic rings. The minimum Gasteiger partial charge on any atom is -0.372 e. The molecule has 28 heavy (non-hydrogen) atoms. The number of benzene rings is 1. The van der Waals surface area contributed by atoms with Crippen molar-refractivity contribution in [1.29, 1.82) is 0 Å². The predicted molar refractivity (Wildman–Crippen MR) is 114 cm³/mol. The van der Waals surface area contributed by atoms with Gasteiger partial charge in [0.25, 0.3) is 5.91 Å². The van der Waals surface area contributed by atoms with Crippen LogP contribution in [0.15, 0.2) is 30.3 Å². The average Bonchev–Trinajstić information content (AvgIpc) is 2.68. The van der Waals surface area contributed by atoms with Crippen LogP contribution in [-0.2, 0) is 0 Å². The fraction of sp³-hybridized carbons (Fsp3) is 0.476. The van der Waals surface area contributed by atoms with Gasteiger partial charge in [0.1, 0.15) is 17.3 Å². The molecule has 0 aliphatic carbocycles. The quantitative estimate of drug-likeness (QED) is 0.767. The van der Waals surface area contributed by atoms with Crippen molar-refractivity contribution >= 4 is 23.1 Å². The zero-order chi connectivity index (χ0) is 19.9. The van der Waals surface area contributed by atoms with Gasteiger partial charge in [-0.2, -0.15) is 0 Å². The summed E-state index contributed by atoms with van der Waals surface area (Å²) in [6.07, 6.45) is 3.81. The number of nitrogens with zero attached hydrogens (tertiary/aromatic N) is 4. The van der Waals surface area contributed by atoms with E-state index in [2.05, 4.69) is 42.5 Å². The van der Waals surface area contributed by atoms with Crippen LogP contribution >= 0.6 is 0 Å². The molecule has 7 nitrogen and oxygen atoms in total. The van der Waals surface area contributed by atoms with Crippen LogP contribution in [0.4, 0.5) is 17.2 Å². The molecule has 1 aliphatic heterocycles. The third kappa shape index (κ3) is 5.66. The smallest absolute Gasteiger partial charge is 0.274 e. The van der Waals surface area contributed by atoms with Gasteiger partial charge in [0, 0.05) is 43.6 Å². The first-order chi connectivity index (χ1) is 13.5. The van der Waals surface area contributed by atoms with Gasteiger partial charge in [-0.15, -0.1) is 0 Å². The van der Waals surface area contributed by atoms with Crippen LogP contribution in [0.3, 0.4) is 0 Å². The van der Waals surface area contributed by atoms with Gasteiger partial charge < -0.3 is 20.4 Å². The van der Waals surface area contributed by atoms with Crippen molar-refractivity contribution in [1.82, 2.24) is 14.9 Å². The lowest BCUT2D eigenvalue weighted by atomic mass is 10.1. The molecule has 0 radical (unpaired) electrons. The van der Waals surface area contributed by atoms with E-state index in [1.54, 1.807) is 13.0 Å². The summed E-state index contributed by atoms with van der Waals surface area (Å²) >= 11 is 0. The van der Waals surface area contributed by atoms with Crippen LogP contribution in [0.25, 0.3) is 0 Å². The molecular weight excluding hydrogens is 352 g/mol. The van der Waals surface area contributed by atoms with Gasteiger partial charge >= 0.3 is 0 Å². The molecule has 0 saturated carbocycles. The minimum atomic E-state index is -0.230. The van der Waals surface area contributed by atoms with Crippen LogP contribution in [0.1, 0.15) is 35.6 Å². The number of hydrogen-bond acceptors (Lipinski definition) is 6. The van der Waals surface area contributed by atoms with Gasteiger partial charge in [0.15, 0.2) is 0 Å². The molecule has 2 aromatic rings. The number of likely N-dealkylation sites (N-methyl/N-ethyl adjacent to an activating group) is 1. The SMILES string of the molecule is Cc1nc(NCCN(C)C)cc(C(=O)Nc2ccc(N3CCCCC3)cc2)n1. The Hall–Kier alpha value is -2.67. The molecule has 0 unspecified atom stereocenters. The second-order valence-corrected chi connectivity index (χ2v) is 7.46. The third-order valence-corrected chi connectivity index (χ3v) is 4.78. The molecule has 0 bridgehead atoms. The first kappa shape index (κ1) is 20.1. The molecule has 2 N–H and O–H groups in total. The normalized spacial score (nSPS) is 14.2. The van der Waals surface area contributed by atoms with E-state index in [0.29, 0.717) is 17.3 Å².